The van der Waals surface area contributed by atoms with E-state index < -0.39 is 0 Å². The van der Waals surface area contributed by atoms with E-state index in [1.807, 2.05) is 6.92 Å². The molecule has 0 aromatic carbocycles. The molecule has 2 nitrogen and oxygen atoms in total. The van der Waals surface area contributed by atoms with Gasteiger partial charge >= 0.3 is 0 Å². The Bertz CT molecular complexity index is 182. The second-order valence-electron chi connectivity index (χ2n) is 3.82. The zero-order valence-electron chi connectivity index (χ0n) is 8.17. The van der Waals surface area contributed by atoms with Gasteiger partial charge in [-0.15, -0.1) is 0 Å². The number of likely N-dealkylation sites (tertiary alicyclic amines) is 1. The van der Waals surface area contributed by atoms with Gasteiger partial charge in [-0.05, 0) is 38.3 Å². The van der Waals surface area contributed by atoms with Crippen molar-refractivity contribution < 1.29 is 5.11 Å². The molecule has 1 rings (SSSR count). The Morgan fingerprint density at radius 1 is 1.54 bits per heavy atom. The maximum Gasteiger partial charge on any atom is 0.0553 e. The minimum Gasteiger partial charge on any atom is -0.393 e. The van der Waals surface area contributed by atoms with Crippen molar-refractivity contribution in [1.29, 1.82) is 0 Å². The van der Waals surface area contributed by atoms with Gasteiger partial charge in [0, 0.05) is 18.6 Å². The van der Waals surface area contributed by atoms with Crippen LogP contribution in [0.3, 0.4) is 0 Å². The first-order valence-corrected chi connectivity index (χ1v) is 5.32. The van der Waals surface area contributed by atoms with Crippen molar-refractivity contribution >= 4 is 11.6 Å². The van der Waals surface area contributed by atoms with Gasteiger partial charge < -0.3 is 5.11 Å². The normalized spacial score (nSPS) is 27.3. The van der Waals surface area contributed by atoms with Gasteiger partial charge in [0.1, 0.15) is 0 Å². The Balaban J connectivity index is 2.34. The van der Waals surface area contributed by atoms with E-state index in [1.54, 1.807) is 5.54 Å². The van der Waals surface area contributed by atoms with Gasteiger partial charge in [-0.25, -0.2) is 0 Å². The van der Waals surface area contributed by atoms with Crippen molar-refractivity contribution in [2.24, 2.45) is 0 Å². The summed E-state index contributed by atoms with van der Waals surface area (Å²) in [6, 6.07) is 0. The number of halogens is 1. The molecule has 3 heteroatoms. The van der Waals surface area contributed by atoms with E-state index in [9.17, 15) is 5.11 Å². The van der Waals surface area contributed by atoms with E-state index in [0.717, 1.165) is 38.9 Å². The summed E-state index contributed by atoms with van der Waals surface area (Å²) in [4.78, 5) is 2.35. The molecule has 1 heterocycles. The summed E-state index contributed by atoms with van der Waals surface area (Å²) in [5, 5.41) is 9.43. The van der Waals surface area contributed by atoms with Gasteiger partial charge in [0.25, 0.3) is 0 Å². The van der Waals surface area contributed by atoms with E-state index in [0.29, 0.717) is 0 Å². The van der Waals surface area contributed by atoms with Crippen LogP contribution < -0.4 is 0 Å². The molecule has 1 fully saturated rings. The van der Waals surface area contributed by atoms with E-state index in [1.165, 1.54) is 5.57 Å². The standard InChI is InChI=1S/C10H18ClNO/c1-9(7-11)8-12-5-2-3-10(13)4-6-12/h7,10,13H,2-6,8H2,1H3/b9-7+. The van der Waals surface area contributed by atoms with Crippen molar-refractivity contribution in [3.05, 3.63) is 11.1 Å². The lowest BCUT2D eigenvalue weighted by Crippen LogP contribution is -2.26. The van der Waals surface area contributed by atoms with Crippen LogP contribution in [0.2, 0.25) is 0 Å². The van der Waals surface area contributed by atoms with Gasteiger partial charge in [-0.2, -0.15) is 0 Å². The van der Waals surface area contributed by atoms with Gasteiger partial charge in [0.05, 0.1) is 6.10 Å². The number of nitrogens with zero attached hydrogens (tertiary/aromatic N) is 1. The first-order valence-electron chi connectivity index (χ1n) is 4.88. The highest BCUT2D eigenvalue weighted by Gasteiger charge is 2.14. The van der Waals surface area contributed by atoms with Crippen LogP contribution in [-0.4, -0.2) is 35.7 Å². The molecule has 0 spiro atoms. The van der Waals surface area contributed by atoms with Crippen LogP contribution in [0.25, 0.3) is 0 Å². The average Bonchev–Trinajstić information content (AvgIpc) is 2.31. The van der Waals surface area contributed by atoms with Crippen molar-refractivity contribution in [3.8, 4) is 0 Å². The van der Waals surface area contributed by atoms with Crippen molar-refractivity contribution in [2.75, 3.05) is 19.6 Å². The number of aliphatic hydroxyl groups is 1. The van der Waals surface area contributed by atoms with Crippen LogP contribution in [0.15, 0.2) is 11.1 Å². The summed E-state index contributed by atoms with van der Waals surface area (Å²) in [5.41, 5.74) is 2.83. The fourth-order valence-corrected chi connectivity index (χ4v) is 1.75. The lowest BCUT2D eigenvalue weighted by Gasteiger charge is -2.19. The molecule has 0 aromatic heterocycles. The smallest absolute Gasteiger partial charge is 0.0553 e. The van der Waals surface area contributed by atoms with Crippen LogP contribution in [0.4, 0.5) is 0 Å². The van der Waals surface area contributed by atoms with Crippen LogP contribution in [0.1, 0.15) is 26.2 Å². The highest BCUT2D eigenvalue weighted by molar-refractivity contribution is 6.25. The summed E-state index contributed by atoms with van der Waals surface area (Å²) in [6.45, 7) is 5.05. The maximum atomic E-state index is 9.43. The van der Waals surface area contributed by atoms with Crippen LogP contribution in [0, 0.1) is 0 Å². The lowest BCUT2D eigenvalue weighted by molar-refractivity contribution is 0.156. The first kappa shape index (κ1) is 11.0. The fraction of sp³-hybridized carbons (Fsp3) is 0.800. The number of hydrogen-bond donors (Lipinski definition) is 1. The minimum absolute atomic E-state index is 0.0923. The molecule has 1 N–H and O–H groups in total. The van der Waals surface area contributed by atoms with E-state index in [4.69, 9.17) is 11.6 Å². The molecule has 0 aliphatic carbocycles. The summed E-state index contributed by atoms with van der Waals surface area (Å²) in [7, 11) is 0. The number of aliphatic hydroxyl groups excluding tert-OH is 1. The maximum absolute atomic E-state index is 9.43. The molecule has 76 valence electrons. The van der Waals surface area contributed by atoms with E-state index >= 15 is 0 Å². The molecular weight excluding hydrogens is 186 g/mol. The zero-order valence-corrected chi connectivity index (χ0v) is 8.93. The molecule has 1 saturated heterocycles. The van der Waals surface area contributed by atoms with E-state index in [-0.39, 0.29) is 6.10 Å². The monoisotopic (exact) mass is 203 g/mol. The van der Waals surface area contributed by atoms with Gasteiger partial charge in [-0.3, -0.25) is 4.90 Å². The number of rotatable bonds is 2. The molecule has 0 bridgehead atoms. The van der Waals surface area contributed by atoms with Crippen molar-refractivity contribution in [1.82, 2.24) is 4.90 Å². The highest BCUT2D eigenvalue weighted by Crippen LogP contribution is 2.12. The summed E-state index contributed by atoms with van der Waals surface area (Å²) < 4.78 is 0. The average molecular weight is 204 g/mol. The quantitative estimate of drug-likeness (QED) is 0.742. The van der Waals surface area contributed by atoms with Gasteiger partial charge in [0.15, 0.2) is 0 Å². The Morgan fingerprint density at radius 3 is 3.00 bits per heavy atom. The first-order chi connectivity index (χ1) is 6.22. The molecule has 0 radical (unpaired) electrons. The minimum atomic E-state index is -0.0923. The lowest BCUT2D eigenvalue weighted by atomic mass is 10.2. The third-order valence-electron chi connectivity index (χ3n) is 2.45. The molecule has 1 atom stereocenters. The molecule has 1 unspecified atom stereocenters. The molecule has 1 aliphatic rings. The molecule has 13 heavy (non-hydrogen) atoms. The largest absolute Gasteiger partial charge is 0.393 e. The van der Waals surface area contributed by atoms with Crippen LogP contribution in [0.5, 0.6) is 0 Å². The third kappa shape index (κ3) is 4.12. The zero-order chi connectivity index (χ0) is 9.68. The second kappa shape index (κ2) is 5.63. The third-order valence-corrected chi connectivity index (χ3v) is 2.82. The van der Waals surface area contributed by atoms with E-state index in [2.05, 4.69) is 4.90 Å². The van der Waals surface area contributed by atoms with Gasteiger partial charge in [0.2, 0.25) is 0 Å². The fourth-order valence-electron chi connectivity index (χ4n) is 1.68. The topological polar surface area (TPSA) is 23.5 Å². The van der Waals surface area contributed by atoms with Crippen molar-refractivity contribution in [2.45, 2.75) is 32.3 Å². The number of hydrogen-bond acceptors (Lipinski definition) is 2. The Labute approximate surface area is 85.2 Å². The SMILES string of the molecule is C/C(=C\Cl)CN1CCCC(O)CC1. The van der Waals surface area contributed by atoms with Crippen molar-refractivity contribution in [3.63, 3.8) is 0 Å². The molecule has 1 aliphatic heterocycles. The molecule has 0 amide bonds. The highest BCUT2D eigenvalue weighted by atomic mass is 35.5. The summed E-state index contributed by atoms with van der Waals surface area (Å²) in [5.74, 6) is 0. The van der Waals surface area contributed by atoms with Crippen LogP contribution >= 0.6 is 11.6 Å². The predicted octanol–water partition coefficient (Wildman–Crippen LogP) is 1.98. The summed E-state index contributed by atoms with van der Waals surface area (Å²) in [6.07, 6.45) is 2.84. The van der Waals surface area contributed by atoms with Gasteiger partial charge in [-0.1, -0.05) is 11.6 Å². The molecular formula is C10H18ClNO. The van der Waals surface area contributed by atoms with Crippen LogP contribution in [-0.2, 0) is 0 Å². The predicted molar refractivity (Wildman–Crippen MR) is 55.9 cm³/mol. The molecule has 0 aromatic rings. The Kier molecular flexibility index (Phi) is 4.78. The Morgan fingerprint density at radius 2 is 2.31 bits per heavy atom. The molecule has 0 saturated carbocycles. The summed E-state index contributed by atoms with van der Waals surface area (Å²) >= 11 is 5.60. The second-order valence-corrected chi connectivity index (χ2v) is 4.03. The Hall–Kier alpha value is -0.0500.